The first-order valence-electron chi connectivity index (χ1n) is 10.4. The molecular formula is C23H26N8O. The minimum Gasteiger partial charge on any atom is -0.403 e. The zero-order valence-corrected chi connectivity index (χ0v) is 17.7. The van der Waals surface area contributed by atoms with Crippen LogP contribution in [-0.2, 0) is 11.3 Å². The number of nitrogens with one attached hydrogen (secondary N) is 1. The van der Waals surface area contributed by atoms with Gasteiger partial charge in [0.05, 0.1) is 25.3 Å². The number of hydrogen-bond acceptors (Lipinski definition) is 7. The summed E-state index contributed by atoms with van der Waals surface area (Å²) in [4.78, 5) is 19.8. The van der Waals surface area contributed by atoms with Crippen molar-refractivity contribution < 1.29 is 4.74 Å². The predicted octanol–water partition coefficient (Wildman–Crippen LogP) is 2.26. The Labute approximate surface area is 186 Å². The number of benzene rings is 1. The highest BCUT2D eigenvalue weighted by atomic mass is 16.5. The minimum absolute atomic E-state index is 0.215. The summed E-state index contributed by atoms with van der Waals surface area (Å²) in [7, 11) is 0. The fraction of sp³-hybridized carbons (Fsp3) is 0.217. The highest BCUT2D eigenvalue weighted by Crippen LogP contribution is 2.19. The lowest BCUT2D eigenvalue weighted by Gasteiger charge is -2.29. The fourth-order valence-corrected chi connectivity index (χ4v) is 3.39. The summed E-state index contributed by atoms with van der Waals surface area (Å²) in [6.45, 7) is 3.52. The number of nitrogens with two attached hydrogens (primary N) is 2. The van der Waals surface area contributed by atoms with Gasteiger partial charge in [0.2, 0.25) is 0 Å². The second kappa shape index (κ2) is 10.4. The standard InChI is InChI=1S/C23H26N8O/c24-6-9-28-22(25)23(29-16-17-3-4-20-18(14-17)2-1-7-26-20)30-21-15-19(5-8-27-21)31-10-12-32-13-11-31/h1-9,14-15H,10-13,16,24H2,(H2,25,28)(H,27,29,30)/b9-6+. The molecule has 4 rings (SSSR count). The molecule has 0 aliphatic carbocycles. The van der Waals surface area contributed by atoms with Gasteiger partial charge in [0.15, 0.2) is 11.7 Å². The summed E-state index contributed by atoms with van der Waals surface area (Å²) in [5.74, 6) is 1.26. The zero-order valence-electron chi connectivity index (χ0n) is 17.7. The Bertz CT molecular complexity index is 1150. The molecule has 164 valence electrons. The van der Waals surface area contributed by atoms with Crippen LogP contribution in [0.2, 0.25) is 0 Å². The number of aromatic nitrogens is 2. The van der Waals surface area contributed by atoms with Crippen LogP contribution in [0.3, 0.4) is 0 Å². The van der Waals surface area contributed by atoms with Crippen molar-refractivity contribution in [1.82, 2.24) is 9.97 Å². The quantitative estimate of drug-likeness (QED) is 0.418. The van der Waals surface area contributed by atoms with Crippen molar-refractivity contribution in [1.29, 1.82) is 0 Å². The Hall–Kier alpha value is -3.98. The second-order valence-corrected chi connectivity index (χ2v) is 7.17. The summed E-state index contributed by atoms with van der Waals surface area (Å²) in [6, 6.07) is 13.9. The van der Waals surface area contributed by atoms with Crippen molar-refractivity contribution >= 4 is 34.1 Å². The van der Waals surface area contributed by atoms with Crippen LogP contribution in [0.4, 0.5) is 11.5 Å². The molecule has 9 heteroatoms. The van der Waals surface area contributed by atoms with Gasteiger partial charge >= 0.3 is 0 Å². The molecule has 3 aromatic rings. The molecule has 0 unspecified atom stereocenters. The van der Waals surface area contributed by atoms with Crippen molar-refractivity contribution in [2.24, 2.45) is 21.5 Å². The molecule has 0 bridgehead atoms. The first-order chi connectivity index (χ1) is 15.7. The van der Waals surface area contributed by atoms with Crippen LogP contribution < -0.4 is 21.7 Å². The van der Waals surface area contributed by atoms with Crippen LogP contribution in [0.15, 0.2) is 77.2 Å². The summed E-state index contributed by atoms with van der Waals surface area (Å²) >= 11 is 0. The molecule has 1 fully saturated rings. The summed E-state index contributed by atoms with van der Waals surface area (Å²) in [6.07, 6.45) is 6.28. The summed E-state index contributed by atoms with van der Waals surface area (Å²) in [5.41, 5.74) is 14.6. The number of aliphatic imine (C=N–C) groups is 2. The Morgan fingerprint density at radius 3 is 2.84 bits per heavy atom. The van der Waals surface area contributed by atoms with Crippen molar-refractivity contribution in [2.75, 3.05) is 36.5 Å². The molecule has 32 heavy (non-hydrogen) atoms. The molecular weight excluding hydrogens is 404 g/mol. The molecule has 0 amide bonds. The third-order valence-corrected chi connectivity index (χ3v) is 5.00. The maximum absolute atomic E-state index is 6.17. The van der Waals surface area contributed by atoms with E-state index in [9.17, 15) is 0 Å². The first-order valence-corrected chi connectivity index (χ1v) is 10.4. The van der Waals surface area contributed by atoms with Gasteiger partial charge in [-0.1, -0.05) is 12.1 Å². The van der Waals surface area contributed by atoms with Crippen LogP contribution in [-0.4, -0.2) is 47.9 Å². The van der Waals surface area contributed by atoms with Crippen molar-refractivity contribution in [2.45, 2.75) is 6.54 Å². The molecule has 1 saturated heterocycles. The zero-order chi connectivity index (χ0) is 22.2. The number of rotatable bonds is 5. The number of pyridine rings is 2. The lowest BCUT2D eigenvalue weighted by Crippen LogP contribution is -2.36. The largest absolute Gasteiger partial charge is 0.403 e. The Balaban J connectivity index is 1.57. The highest BCUT2D eigenvalue weighted by Gasteiger charge is 2.13. The molecule has 3 heterocycles. The van der Waals surface area contributed by atoms with E-state index in [4.69, 9.17) is 16.2 Å². The number of ether oxygens (including phenoxy) is 1. The first kappa shape index (κ1) is 21.3. The van der Waals surface area contributed by atoms with E-state index in [0.29, 0.717) is 31.4 Å². The topological polar surface area (TPSA) is 127 Å². The van der Waals surface area contributed by atoms with Crippen molar-refractivity contribution in [3.05, 3.63) is 72.8 Å². The number of amidine groups is 2. The van der Waals surface area contributed by atoms with E-state index in [0.717, 1.165) is 35.2 Å². The molecule has 0 atom stereocenters. The third kappa shape index (κ3) is 5.38. The van der Waals surface area contributed by atoms with Gasteiger partial charge in [-0.25, -0.2) is 9.98 Å². The summed E-state index contributed by atoms with van der Waals surface area (Å²) in [5, 5.41) is 4.27. The molecule has 5 N–H and O–H groups in total. The Morgan fingerprint density at radius 1 is 1.12 bits per heavy atom. The number of hydrogen-bond donors (Lipinski definition) is 3. The SMILES string of the molecule is N/C=C/N=C(N)C(=NCc1ccc2ncccc2c1)Nc1cc(N2CCOCC2)ccn1. The lowest BCUT2D eigenvalue weighted by atomic mass is 10.1. The van der Waals surface area contributed by atoms with Gasteiger partial charge in [-0.15, -0.1) is 0 Å². The van der Waals surface area contributed by atoms with E-state index in [1.165, 1.54) is 12.4 Å². The smallest absolute Gasteiger partial charge is 0.170 e. The third-order valence-electron chi connectivity index (χ3n) is 5.00. The monoisotopic (exact) mass is 430 g/mol. The van der Waals surface area contributed by atoms with E-state index in [-0.39, 0.29) is 5.84 Å². The maximum Gasteiger partial charge on any atom is 0.170 e. The average Bonchev–Trinajstić information content (AvgIpc) is 2.85. The van der Waals surface area contributed by atoms with Gasteiger partial charge < -0.3 is 26.4 Å². The van der Waals surface area contributed by atoms with Gasteiger partial charge in [0.25, 0.3) is 0 Å². The normalized spacial score (nSPS) is 15.4. The fourth-order valence-electron chi connectivity index (χ4n) is 3.39. The number of morpholine rings is 1. The van der Waals surface area contributed by atoms with Gasteiger partial charge in [-0.2, -0.15) is 0 Å². The van der Waals surface area contributed by atoms with E-state index < -0.39 is 0 Å². The number of nitrogens with zero attached hydrogens (tertiary/aromatic N) is 5. The molecule has 1 aromatic carbocycles. The van der Waals surface area contributed by atoms with Crippen molar-refractivity contribution in [3.8, 4) is 0 Å². The molecule has 9 nitrogen and oxygen atoms in total. The lowest BCUT2D eigenvalue weighted by molar-refractivity contribution is 0.122. The van der Waals surface area contributed by atoms with Crippen LogP contribution in [0.25, 0.3) is 10.9 Å². The Kier molecular flexibility index (Phi) is 6.88. The maximum atomic E-state index is 6.17. The molecule has 1 aliphatic heterocycles. The predicted molar refractivity (Wildman–Crippen MR) is 129 cm³/mol. The van der Waals surface area contributed by atoms with Gasteiger partial charge in [0, 0.05) is 55.0 Å². The molecule has 0 radical (unpaired) electrons. The minimum atomic E-state index is 0.215. The average molecular weight is 431 g/mol. The molecule has 0 spiro atoms. The van der Waals surface area contributed by atoms with Crippen molar-refractivity contribution in [3.63, 3.8) is 0 Å². The van der Waals surface area contributed by atoms with E-state index >= 15 is 0 Å². The van der Waals surface area contributed by atoms with Gasteiger partial charge in [-0.3, -0.25) is 9.98 Å². The van der Waals surface area contributed by atoms with Crippen LogP contribution >= 0.6 is 0 Å². The van der Waals surface area contributed by atoms with E-state index in [1.54, 1.807) is 12.4 Å². The highest BCUT2D eigenvalue weighted by molar-refractivity contribution is 6.44. The number of anilines is 2. The molecule has 1 aliphatic rings. The van der Waals surface area contributed by atoms with E-state index in [1.807, 2.05) is 36.4 Å². The molecule has 2 aromatic heterocycles. The van der Waals surface area contributed by atoms with Crippen LogP contribution in [0.5, 0.6) is 0 Å². The van der Waals surface area contributed by atoms with Crippen LogP contribution in [0, 0.1) is 0 Å². The van der Waals surface area contributed by atoms with E-state index in [2.05, 4.69) is 36.2 Å². The molecule has 0 saturated carbocycles. The second-order valence-electron chi connectivity index (χ2n) is 7.17. The summed E-state index contributed by atoms with van der Waals surface area (Å²) < 4.78 is 5.44. The van der Waals surface area contributed by atoms with Gasteiger partial charge in [0.1, 0.15) is 5.82 Å². The van der Waals surface area contributed by atoms with Gasteiger partial charge in [-0.05, 0) is 29.8 Å². The van der Waals surface area contributed by atoms with Crippen LogP contribution in [0.1, 0.15) is 5.56 Å². The Morgan fingerprint density at radius 2 is 2.00 bits per heavy atom. The number of fused-ring (bicyclic) bond motifs is 1.